The first kappa shape index (κ1) is 24.8. The molecule has 4 rings (SSSR count). The number of anilines is 3. The average molecular weight is 491 g/mol. The maximum Gasteiger partial charge on any atom is 0.322 e. The van der Waals surface area contributed by atoms with Crippen LogP contribution in [-0.2, 0) is 6.54 Å². The fourth-order valence-electron chi connectivity index (χ4n) is 3.57. The minimum absolute atomic E-state index is 0.252. The smallest absolute Gasteiger partial charge is 0.322 e. The van der Waals surface area contributed by atoms with Crippen LogP contribution >= 0.6 is 0 Å². The van der Waals surface area contributed by atoms with Crippen molar-refractivity contribution < 1.29 is 19.1 Å². The minimum atomic E-state index is -0.361. The molecule has 0 bridgehead atoms. The van der Waals surface area contributed by atoms with Gasteiger partial charge in [-0.05, 0) is 50.0 Å². The van der Waals surface area contributed by atoms with Crippen LogP contribution in [0.2, 0.25) is 0 Å². The monoisotopic (exact) mass is 490 g/mol. The van der Waals surface area contributed by atoms with Crippen LogP contribution in [0.3, 0.4) is 0 Å². The quantitative estimate of drug-likeness (QED) is 0.414. The lowest BCUT2D eigenvalue weighted by molar-refractivity contribution is 0.102. The van der Waals surface area contributed by atoms with Crippen LogP contribution in [0.25, 0.3) is 0 Å². The van der Waals surface area contributed by atoms with Crippen LogP contribution in [0.4, 0.5) is 21.9 Å². The van der Waals surface area contributed by atoms with Gasteiger partial charge in [0.15, 0.2) is 11.5 Å². The lowest BCUT2D eigenvalue weighted by atomic mass is 10.2. The summed E-state index contributed by atoms with van der Waals surface area (Å²) in [7, 11) is 3.90. The molecule has 10 nitrogen and oxygen atoms in total. The Morgan fingerprint density at radius 3 is 2.47 bits per heavy atom. The van der Waals surface area contributed by atoms with Gasteiger partial charge in [0.2, 0.25) is 0 Å². The summed E-state index contributed by atoms with van der Waals surface area (Å²) >= 11 is 0. The molecule has 0 fully saturated rings. The number of aromatic nitrogens is 1. The van der Waals surface area contributed by atoms with Gasteiger partial charge in [-0.25, -0.2) is 4.79 Å². The molecule has 1 aliphatic rings. The molecule has 0 saturated heterocycles. The molecular formula is C26H30N6O4. The van der Waals surface area contributed by atoms with Crippen LogP contribution in [0.5, 0.6) is 11.5 Å². The molecular weight excluding hydrogens is 460 g/mol. The maximum atomic E-state index is 13.1. The number of fused-ring (bicyclic) bond motifs is 1. The number of benzene rings is 2. The molecule has 2 heterocycles. The zero-order valence-corrected chi connectivity index (χ0v) is 20.4. The number of ether oxygens (including phenoxy) is 2. The van der Waals surface area contributed by atoms with E-state index in [1.165, 1.54) is 0 Å². The fourth-order valence-corrected chi connectivity index (χ4v) is 3.57. The van der Waals surface area contributed by atoms with Gasteiger partial charge in [-0.15, -0.1) is 0 Å². The number of hydrogen-bond donors (Lipinski definition) is 3. The molecule has 10 heteroatoms. The number of nitrogens with two attached hydrogens (primary N) is 1. The summed E-state index contributed by atoms with van der Waals surface area (Å²) in [5.74, 6) is 0.906. The van der Waals surface area contributed by atoms with Crippen LogP contribution in [0, 0.1) is 0 Å². The van der Waals surface area contributed by atoms with E-state index in [9.17, 15) is 9.59 Å². The number of urea groups is 1. The van der Waals surface area contributed by atoms with E-state index in [1.807, 2.05) is 19.0 Å². The third kappa shape index (κ3) is 6.42. The Bertz CT molecular complexity index is 1220. The summed E-state index contributed by atoms with van der Waals surface area (Å²) in [4.78, 5) is 33.7. The summed E-state index contributed by atoms with van der Waals surface area (Å²) in [6.07, 6.45) is 1.60. The van der Waals surface area contributed by atoms with E-state index in [2.05, 4.69) is 15.6 Å². The second kappa shape index (κ2) is 11.4. The Balaban J connectivity index is 1.42. The molecule has 0 aliphatic carbocycles. The number of carbonyl (C=O) groups is 2. The Morgan fingerprint density at radius 1 is 0.972 bits per heavy atom. The Labute approximate surface area is 210 Å². The first-order valence-corrected chi connectivity index (χ1v) is 11.6. The lowest BCUT2D eigenvalue weighted by Crippen LogP contribution is -2.39. The maximum absolute atomic E-state index is 13.1. The number of nitrogens with zero attached hydrogens (tertiary/aromatic N) is 3. The second-order valence-corrected chi connectivity index (χ2v) is 8.61. The standard InChI is InChI=1S/C26H30N6O4/c1-31(2)11-12-32(26(34)29-19-8-10-23-24(15-19)36-14-13-35-23)17-18-7-9-22(28-16-18)25(33)30-21-6-4-3-5-20(21)27/h3-10,15-16H,11-14,17,27H2,1-2H3,(H,29,34)(H,30,33). The summed E-state index contributed by atoms with van der Waals surface area (Å²) in [6, 6.07) is 15.5. The largest absolute Gasteiger partial charge is 0.486 e. The van der Waals surface area contributed by atoms with Crippen molar-refractivity contribution in [3.8, 4) is 11.5 Å². The highest BCUT2D eigenvalue weighted by atomic mass is 16.6. The van der Waals surface area contributed by atoms with Crippen molar-refractivity contribution in [2.45, 2.75) is 6.54 Å². The van der Waals surface area contributed by atoms with Crippen LogP contribution in [0.15, 0.2) is 60.8 Å². The summed E-state index contributed by atoms with van der Waals surface area (Å²) in [5.41, 5.74) is 8.56. The number of pyridine rings is 1. The number of amides is 3. The molecule has 188 valence electrons. The van der Waals surface area contributed by atoms with Crippen LogP contribution < -0.4 is 25.8 Å². The summed E-state index contributed by atoms with van der Waals surface area (Å²) in [5, 5.41) is 5.70. The van der Waals surface area contributed by atoms with Crippen molar-refractivity contribution in [2.75, 3.05) is 56.8 Å². The zero-order chi connectivity index (χ0) is 25.5. The Hall–Kier alpha value is -4.31. The van der Waals surface area contributed by atoms with Gasteiger partial charge < -0.3 is 35.6 Å². The van der Waals surface area contributed by atoms with Gasteiger partial charge in [0.05, 0.1) is 11.4 Å². The van der Waals surface area contributed by atoms with Gasteiger partial charge in [-0.3, -0.25) is 9.78 Å². The lowest BCUT2D eigenvalue weighted by Gasteiger charge is -2.25. The van der Waals surface area contributed by atoms with Crippen LogP contribution in [-0.4, -0.2) is 67.1 Å². The van der Waals surface area contributed by atoms with Crippen molar-refractivity contribution in [3.05, 3.63) is 72.1 Å². The number of nitrogen functional groups attached to an aromatic ring is 1. The first-order chi connectivity index (χ1) is 17.4. The molecule has 0 radical (unpaired) electrons. The minimum Gasteiger partial charge on any atom is -0.486 e. The second-order valence-electron chi connectivity index (χ2n) is 8.61. The van der Waals surface area contributed by atoms with E-state index in [0.29, 0.717) is 61.4 Å². The molecule has 0 spiro atoms. The van der Waals surface area contributed by atoms with Crippen molar-refractivity contribution in [2.24, 2.45) is 0 Å². The molecule has 2 aromatic carbocycles. The van der Waals surface area contributed by atoms with Gasteiger partial charge in [0.25, 0.3) is 5.91 Å². The SMILES string of the molecule is CN(C)CCN(Cc1ccc(C(=O)Nc2ccccc2N)nc1)C(=O)Nc1ccc2c(c1)OCCO2. The fraction of sp³-hybridized carbons (Fsp3) is 0.269. The van der Waals surface area contributed by atoms with E-state index in [4.69, 9.17) is 15.2 Å². The number of likely N-dealkylation sites (N-methyl/N-ethyl adjacent to an activating group) is 1. The normalized spacial score (nSPS) is 12.2. The molecule has 36 heavy (non-hydrogen) atoms. The topological polar surface area (TPSA) is 122 Å². The van der Waals surface area contributed by atoms with Gasteiger partial charge >= 0.3 is 6.03 Å². The number of rotatable bonds is 8. The molecule has 3 aromatic rings. The van der Waals surface area contributed by atoms with Gasteiger partial charge in [-0.1, -0.05) is 18.2 Å². The Kier molecular flexibility index (Phi) is 7.86. The number of nitrogens with one attached hydrogen (secondary N) is 2. The number of para-hydroxylation sites is 2. The van der Waals surface area contributed by atoms with Gasteiger partial charge in [-0.2, -0.15) is 0 Å². The highest BCUT2D eigenvalue weighted by Crippen LogP contribution is 2.32. The van der Waals surface area contributed by atoms with Gasteiger partial charge in [0, 0.05) is 37.6 Å². The zero-order valence-electron chi connectivity index (χ0n) is 20.4. The van der Waals surface area contributed by atoms with Gasteiger partial charge in [0.1, 0.15) is 18.9 Å². The highest BCUT2D eigenvalue weighted by Gasteiger charge is 2.18. The molecule has 1 aromatic heterocycles. The predicted octanol–water partition coefficient (Wildman–Crippen LogP) is 3.28. The van der Waals surface area contributed by atoms with E-state index in [0.717, 1.165) is 5.56 Å². The van der Waals surface area contributed by atoms with E-state index >= 15 is 0 Å². The van der Waals surface area contributed by atoms with E-state index in [1.54, 1.807) is 65.7 Å². The molecule has 0 atom stereocenters. The highest BCUT2D eigenvalue weighted by molar-refractivity contribution is 6.04. The van der Waals surface area contributed by atoms with Crippen molar-refractivity contribution in [3.63, 3.8) is 0 Å². The number of hydrogen-bond acceptors (Lipinski definition) is 7. The molecule has 0 saturated carbocycles. The van der Waals surface area contributed by atoms with Crippen molar-refractivity contribution in [1.29, 1.82) is 0 Å². The van der Waals surface area contributed by atoms with Crippen molar-refractivity contribution in [1.82, 2.24) is 14.8 Å². The predicted molar refractivity (Wildman–Crippen MR) is 138 cm³/mol. The summed E-state index contributed by atoms with van der Waals surface area (Å²) in [6.45, 7) is 2.48. The molecule has 1 aliphatic heterocycles. The van der Waals surface area contributed by atoms with E-state index in [-0.39, 0.29) is 17.6 Å². The Morgan fingerprint density at radius 2 is 1.75 bits per heavy atom. The third-order valence-corrected chi connectivity index (χ3v) is 5.54. The first-order valence-electron chi connectivity index (χ1n) is 11.6. The van der Waals surface area contributed by atoms with Crippen LogP contribution in [0.1, 0.15) is 16.1 Å². The average Bonchev–Trinajstić information content (AvgIpc) is 2.88. The van der Waals surface area contributed by atoms with Crippen molar-refractivity contribution >= 4 is 29.0 Å². The number of carbonyl (C=O) groups excluding carboxylic acids is 2. The third-order valence-electron chi connectivity index (χ3n) is 5.54. The molecule has 0 unspecified atom stereocenters. The summed E-state index contributed by atoms with van der Waals surface area (Å²) < 4.78 is 11.2. The molecule has 3 amide bonds. The van der Waals surface area contributed by atoms with E-state index < -0.39 is 0 Å². The molecule has 4 N–H and O–H groups in total.